The third-order valence-corrected chi connectivity index (χ3v) is 5.84. The molecule has 0 radical (unpaired) electrons. The molecule has 1 N–H and O–H groups in total. The van der Waals surface area contributed by atoms with E-state index in [2.05, 4.69) is 21.2 Å². The molecule has 0 spiro atoms. The van der Waals surface area contributed by atoms with Crippen LogP contribution in [0.3, 0.4) is 0 Å². The Morgan fingerprint density at radius 1 is 0.917 bits per heavy atom. The molecule has 1 fully saturated rings. The van der Waals surface area contributed by atoms with Gasteiger partial charge in [0.15, 0.2) is 11.5 Å². The number of anilines is 1. The summed E-state index contributed by atoms with van der Waals surface area (Å²) in [7, 11) is 1.52. The quantitative estimate of drug-likeness (QED) is 0.309. The highest BCUT2D eigenvalue weighted by Gasteiger charge is 2.36. The number of imide groups is 2. The number of amides is 4. The number of nitrogens with zero attached hydrogens (tertiary/aromatic N) is 1. The Kier molecular flexibility index (Phi) is 7.70. The highest BCUT2D eigenvalue weighted by molar-refractivity contribution is 9.10. The van der Waals surface area contributed by atoms with Crippen LogP contribution in [-0.4, -0.2) is 31.6 Å². The molecule has 36 heavy (non-hydrogen) atoms. The van der Waals surface area contributed by atoms with Gasteiger partial charge in [-0.25, -0.2) is 9.69 Å². The van der Waals surface area contributed by atoms with Crippen LogP contribution in [0.5, 0.6) is 17.2 Å². The molecule has 4 rings (SSSR count). The molecule has 1 aliphatic rings. The molecule has 1 saturated heterocycles. The number of hydrogen-bond acceptors (Lipinski definition) is 6. The van der Waals surface area contributed by atoms with Crippen molar-refractivity contribution in [2.24, 2.45) is 0 Å². The monoisotopic (exact) mass is 550 g/mol. The van der Waals surface area contributed by atoms with Crippen LogP contribution in [0.1, 0.15) is 18.1 Å². The Bertz CT molecular complexity index is 1320. The van der Waals surface area contributed by atoms with Gasteiger partial charge in [0.2, 0.25) is 0 Å². The third kappa shape index (κ3) is 5.58. The highest BCUT2D eigenvalue weighted by Crippen LogP contribution is 2.30. The van der Waals surface area contributed by atoms with Gasteiger partial charge in [0.05, 0.1) is 19.4 Å². The zero-order valence-electron chi connectivity index (χ0n) is 19.6. The minimum Gasteiger partial charge on any atom is -0.493 e. The fourth-order valence-electron chi connectivity index (χ4n) is 3.55. The molecule has 3 aromatic rings. The fraction of sp³-hybridized carbons (Fsp3) is 0.148. The van der Waals surface area contributed by atoms with Gasteiger partial charge in [0.1, 0.15) is 17.9 Å². The maximum Gasteiger partial charge on any atom is 0.335 e. The van der Waals surface area contributed by atoms with E-state index < -0.39 is 17.8 Å². The number of urea groups is 1. The molecule has 0 atom stereocenters. The van der Waals surface area contributed by atoms with Gasteiger partial charge in [-0.3, -0.25) is 14.9 Å². The Hall–Kier alpha value is -4.11. The molecule has 1 aliphatic heterocycles. The number of carbonyl (C=O) groups excluding carboxylic acids is 3. The van der Waals surface area contributed by atoms with E-state index in [0.29, 0.717) is 41.7 Å². The second-order valence-electron chi connectivity index (χ2n) is 7.71. The molecule has 4 amide bonds. The summed E-state index contributed by atoms with van der Waals surface area (Å²) >= 11 is 3.40. The Morgan fingerprint density at radius 3 is 2.31 bits per heavy atom. The number of hydrogen-bond donors (Lipinski definition) is 1. The van der Waals surface area contributed by atoms with Crippen molar-refractivity contribution < 1.29 is 28.6 Å². The van der Waals surface area contributed by atoms with E-state index in [9.17, 15) is 14.4 Å². The molecule has 0 saturated carbocycles. The predicted octanol–water partition coefficient (Wildman–Crippen LogP) is 5.10. The zero-order chi connectivity index (χ0) is 25.7. The first-order valence-corrected chi connectivity index (χ1v) is 11.9. The Balaban J connectivity index is 1.54. The van der Waals surface area contributed by atoms with E-state index in [1.807, 2.05) is 31.2 Å². The van der Waals surface area contributed by atoms with Crippen molar-refractivity contribution in [1.82, 2.24) is 5.32 Å². The maximum atomic E-state index is 13.2. The summed E-state index contributed by atoms with van der Waals surface area (Å²) in [4.78, 5) is 39.1. The molecule has 184 valence electrons. The van der Waals surface area contributed by atoms with E-state index in [4.69, 9.17) is 14.2 Å². The number of benzene rings is 3. The second kappa shape index (κ2) is 11.1. The number of methoxy groups -OCH3 is 1. The predicted molar refractivity (Wildman–Crippen MR) is 138 cm³/mol. The van der Waals surface area contributed by atoms with Crippen molar-refractivity contribution in [3.8, 4) is 17.2 Å². The molecule has 0 unspecified atom stereocenters. The van der Waals surface area contributed by atoms with Crippen molar-refractivity contribution in [2.45, 2.75) is 13.5 Å². The molecular weight excluding hydrogens is 528 g/mol. The highest BCUT2D eigenvalue weighted by atomic mass is 79.9. The van der Waals surface area contributed by atoms with Crippen molar-refractivity contribution >= 4 is 45.5 Å². The molecule has 8 nitrogen and oxygen atoms in total. The molecule has 0 aliphatic carbocycles. The number of ether oxygens (including phenoxy) is 3. The average molecular weight is 551 g/mol. The summed E-state index contributed by atoms with van der Waals surface area (Å²) in [6.07, 6.45) is 1.41. The summed E-state index contributed by atoms with van der Waals surface area (Å²) in [6, 6.07) is 18.4. The SMILES string of the molecule is CCOc1cc(/C=C2\C(=O)NC(=O)N(c3ccc(OCc4ccc(Br)cc4)cc3)C2=O)ccc1OC. The summed E-state index contributed by atoms with van der Waals surface area (Å²) < 4.78 is 17.6. The summed E-state index contributed by atoms with van der Waals surface area (Å²) in [6.45, 7) is 2.62. The summed E-state index contributed by atoms with van der Waals surface area (Å²) in [5, 5.41) is 2.22. The number of nitrogens with one attached hydrogen (secondary N) is 1. The molecule has 3 aromatic carbocycles. The largest absolute Gasteiger partial charge is 0.493 e. The first-order chi connectivity index (χ1) is 17.4. The van der Waals surface area contributed by atoms with Crippen LogP contribution in [0.25, 0.3) is 6.08 Å². The smallest absolute Gasteiger partial charge is 0.335 e. The van der Waals surface area contributed by atoms with Gasteiger partial charge in [-0.1, -0.05) is 34.1 Å². The van der Waals surface area contributed by atoms with E-state index in [0.717, 1.165) is 14.9 Å². The number of barbiturate groups is 1. The van der Waals surface area contributed by atoms with Crippen LogP contribution >= 0.6 is 15.9 Å². The molecule has 9 heteroatoms. The topological polar surface area (TPSA) is 94.2 Å². The third-order valence-electron chi connectivity index (χ3n) is 5.31. The van der Waals surface area contributed by atoms with Crippen molar-refractivity contribution in [3.05, 3.63) is 87.9 Å². The van der Waals surface area contributed by atoms with Crippen molar-refractivity contribution in [2.75, 3.05) is 18.6 Å². The van der Waals surface area contributed by atoms with Crippen LogP contribution in [0, 0.1) is 0 Å². The van der Waals surface area contributed by atoms with E-state index >= 15 is 0 Å². The number of rotatable bonds is 8. The van der Waals surface area contributed by atoms with Crippen LogP contribution in [0.2, 0.25) is 0 Å². The number of carbonyl (C=O) groups is 3. The molecule has 1 heterocycles. The normalized spacial score (nSPS) is 14.6. The maximum absolute atomic E-state index is 13.2. The lowest BCUT2D eigenvalue weighted by Crippen LogP contribution is -2.54. The first kappa shape index (κ1) is 25.0. The van der Waals surface area contributed by atoms with Gasteiger partial charge >= 0.3 is 6.03 Å². The zero-order valence-corrected chi connectivity index (χ0v) is 21.2. The van der Waals surface area contributed by atoms with Gasteiger partial charge in [-0.15, -0.1) is 0 Å². The summed E-state index contributed by atoms with van der Waals surface area (Å²) in [5.41, 5.74) is 1.66. The van der Waals surface area contributed by atoms with Gasteiger partial charge in [0.25, 0.3) is 11.8 Å². The van der Waals surface area contributed by atoms with Crippen molar-refractivity contribution in [3.63, 3.8) is 0 Å². The van der Waals surface area contributed by atoms with Crippen molar-refractivity contribution in [1.29, 1.82) is 0 Å². The lowest BCUT2D eigenvalue weighted by molar-refractivity contribution is -0.122. The van der Waals surface area contributed by atoms with Crippen LogP contribution in [-0.2, 0) is 16.2 Å². The van der Waals surface area contributed by atoms with Crippen LogP contribution < -0.4 is 24.4 Å². The van der Waals surface area contributed by atoms with Crippen LogP contribution in [0.15, 0.2) is 76.8 Å². The minimum absolute atomic E-state index is 0.183. The van der Waals surface area contributed by atoms with E-state index in [1.165, 1.54) is 13.2 Å². The second-order valence-corrected chi connectivity index (χ2v) is 8.63. The van der Waals surface area contributed by atoms with Gasteiger partial charge in [0, 0.05) is 4.47 Å². The Labute approximate surface area is 216 Å². The standard InChI is InChI=1S/C27H23BrN2O6/c1-3-35-24-15-18(6-13-23(24)34-2)14-22-25(31)29-27(33)30(26(22)32)20-9-11-21(12-10-20)36-16-17-4-7-19(28)8-5-17/h4-15H,3,16H2,1-2H3,(H,29,31,33)/b22-14+. The molecular formula is C27H23BrN2O6. The molecule has 0 aromatic heterocycles. The van der Waals surface area contributed by atoms with E-state index in [-0.39, 0.29) is 5.57 Å². The Morgan fingerprint density at radius 2 is 1.64 bits per heavy atom. The van der Waals surface area contributed by atoms with E-state index in [1.54, 1.807) is 42.5 Å². The lowest BCUT2D eigenvalue weighted by atomic mass is 10.1. The lowest BCUT2D eigenvalue weighted by Gasteiger charge is -2.26. The van der Waals surface area contributed by atoms with Crippen LogP contribution in [0.4, 0.5) is 10.5 Å². The minimum atomic E-state index is -0.824. The fourth-order valence-corrected chi connectivity index (χ4v) is 3.81. The van der Waals surface area contributed by atoms with Gasteiger partial charge < -0.3 is 14.2 Å². The average Bonchev–Trinajstić information content (AvgIpc) is 2.87. The van der Waals surface area contributed by atoms with Gasteiger partial charge in [-0.05, 0) is 72.7 Å². The molecule has 0 bridgehead atoms. The van der Waals surface area contributed by atoms with Gasteiger partial charge in [-0.2, -0.15) is 0 Å². The first-order valence-electron chi connectivity index (χ1n) is 11.1. The number of halogens is 1. The summed E-state index contributed by atoms with van der Waals surface area (Å²) in [5.74, 6) is 0.0629.